The van der Waals surface area contributed by atoms with Gasteiger partial charge in [-0.3, -0.25) is 4.99 Å². The Morgan fingerprint density at radius 1 is 1.36 bits per heavy atom. The van der Waals surface area contributed by atoms with E-state index in [-0.39, 0.29) is 11.2 Å². The molecule has 1 saturated carbocycles. The lowest BCUT2D eigenvalue weighted by Crippen LogP contribution is -2.42. The van der Waals surface area contributed by atoms with Crippen molar-refractivity contribution in [3.8, 4) is 5.75 Å². The molecule has 0 atom stereocenters. The van der Waals surface area contributed by atoms with Gasteiger partial charge in [0.1, 0.15) is 15.6 Å². The second-order valence-electron chi connectivity index (χ2n) is 6.63. The van der Waals surface area contributed by atoms with Crippen LogP contribution in [0.15, 0.2) is 23.2 Å². The highest BCUT2D eigenvalue weighted by Crippen LogP contribution is 2.45. The van der Waals surface area contributed by atoms with E-state index in [0.29, 0.717) is 24.1 Å². The van der Waals surface area contributed by atoms with Crippen LogP contribution in [0.2, 0.25) is 5.02 Å². The number of halogens is 1. The molecule has 1 aromatic rings. The molecule has 1 aromatic carbocycles. The smallest absolute Gasteiger partial charge is 0.191 e. The highest BCUT2D eigenvalue weighted by atomic mass is 35.5. The molecule has 1 aliphatic carbocycles. The summed E-state index contributed by atoms with van der Waals surface area (Å²) < 4.78 is 28.2. The highest BCUT2D eigenvalue weighted by Gasteiger charge is 2.45. The number of aliphatic imine (C=N–C) groups is 1. The fraction of sp³-hybridized carbons (Fsp3) is 0.588. The fourth-order valence-electron chi connectivity index (χ4n) is 2.77. The summed E-state index contributed by atoms with van der Waals surface area (Å²) in [4.78, 5) is 4.19. The lowest BCUT2D eigenvalue weighted by atomic mass is 10.1. The molecule has 0 unspecified atom stereocenters. The number of ether oxygens (including phenoxy) is 1. The second-order valence-corrected chi connectivity index (χ2v) is 9.18. The van der Waals surface area contributed by atoms with Crippen LogP contribution in [0.3, 0.4) is 0 Å². The molecule has 0 spiro atoms. The molecule has 140 valence electrons. The number of nitrogens with one attached hydrogen (secondary N) is 2. The van der Waals surface area contributed by atoms with E-state index in [4.69, 9.17) is 16.3 Å². The Kier molecular flexibility index (Phi) is 6.57. The Bertz CT molecular complexity index is 731. The Morgan fingerprint density at radius 2 is 2.08 bits per heavy atom. The number of rotatable bonds is 8. The van der Waals surface area contributed by atoms with Gasteiger partial charge in [0, 0.05) is 36.8 Å². The van der Waals surface area contributed by atoms with E-state index < -0.39 is 9.84 Å². The van der Waals surface area contributed by atoms with Crippen LogP contribution in [0.4, 0.5) is 0 Å². The molecule has 25 heavy (non-hydrogen) atoms. The average molecular weight is 388 g/mol. The van der Waals surface area contributed by atoms with Crippen LogP contribution in [0.1, 0.15) is 18.4 Å². The van der Waals surface area contributed by atoms with Crippen LogP contribution >= 0.6 is 11.6 Å². The third kappa shape index (κ3) is 6.40. The van der Waals surface area contributed by atoms with E-state index in [1.54, 1.807) is 20.2 Å². The van der Waals surface area contributed by atoms with Gasteiger partial charge in [0.25, 0.3) is 0 Å². The van der Waals surface area contributed by atoms with Crippen LogP contribution < -0.4 is 15.4 Å². The van der Waals surface area contributed by atoms with Crippen molar-refractivity contribution in [1.29, 1.82) is 0 Å². The zero-order chi connectivity index (χ0) is 18.5. The molecule has 2 N–H and O–H groups in total. The summed E-state index contributed by atoms with van der Waals surface area (Å²) in [6.07, 6.45) is 3.91. The van der Waals surface area contributed by atoms with Crippen LogP contribution in [0, 0.1) is 5.41 Å². The van der Waals surface area contributed by atoms with Crippen molar-refractivity contribution in [2.24, 2.45) is 10.4 Å². The van der Waals surface area contributed by atoms with Crippen LogP contribution in [-0.4, -0.2) is 53.6 Å². The van der Waals surface area contributed by atoms with Gasteiger partial charge in [0.05, 0.1) is 12.9 Å². The normalized spacial score (nSPS) is 16.4. The molecule has 0 amide bonds. The minimum absolute atomic E-state index is 0.134. The van der Waals surface area contributed by atoms with Crippen molar-refractivity contribution in [3.63, 3.8) is 0 Å². The molecule has 1 aliphatic rings. The van der Waals surface area contributed by atoms with E-state index in [2.05, 4.69) is 15.6 Å². The molecule has 0 aliphatic heterocycles. The topological polar surface area (TPSA) is 79.8 Å². The lowest BCUT2D eigenvalue weighted by molar-refractivity contribution is 0.414. The van der Waals surface area contributed by atoms with Gasteiger partial charge in [-0.15, -0.1) is 0 Å². The average Bonchev–Trinajstić information content (AvgIpc) is 3.29. The summed E-state index contributed by atoms with van der Waals surface area (Å²) in [6, 6.07) is 5.63. The summed E-state index contributed by atoms with van der Waals surface area (Å²) in [5.74, 6) is 1.63. The van der Waals surface area contributed by atoms with E-state index in [9.17, 15) is 8.42 Å². The number of benzene rings is 1. The lowest BCUT2D eigenvalue weighted by Gasteiger charge is -2.18. The summed E-state index contributed by atoms with van der Waals surface area (Å²) >= 11 is 6.24. The molecule has 8 heteroatoms. The molecule has 1 fully saturated rings. The number of nitrogens with zero attached hydrogens (tertiary/aromatic N) is 1. The Morgan fingerprint density at radius 3 is 2.60 bits per heavy atom. The Balaban J connectivity index is 1.79. The predicted octanol–water partition coefficient (Wildman–Crippen LogP) is 1.88. The van der Waals surface area contributed by atoms with Crippen molar-refractivity contribution in [3.05, 3.63) is 28.8 Å². The number of hydrogen-bond acceptors (Lipinski definition) is 4. The minimum atomic E-state index is -2.96. The van der Waals surface area contributed by atoms with Crippen LogP contribution in [-0.2, 0) is 16.3 Å². The third-order valence-electron chi connectivity index (χ3n) is 4.33. The summed E-state index contributed by atoms with van der Waals surface area (Å²) in [5.41, 5.74) is 0.894. The van der Waals surface area contributed by atoms with E-state index in [1.165, 1.54) is 6.26 Å². The standard InChI is InChI=1S/C17H26ClN3O3S/c1-19-16(21-11-17(7-8-17)12-25(3,22)23)20-9-6-13-4-5-14(24-2)10-15(13)18/h4-5,10H,6-9,11-12H2,1-3H3,(H2,19,20,21). The number of methoxy groups -OCH3 is 1. The van der Waals surface area contributed by atoms with Crippen LogP contribution in [0.25, 0.3) is 0 Å². The first kappa shape index (κ1) is 19.8. The molecule has 2 rings (SSSR count). The first-order valence-electron chi connectivity index (χ1n) is 8.22. The zero-order valence-corrected chi connectivity index (χ0v) is 16.5. The SMILES string of the molecule is CN=C(NCCc1ccc(OC)cc1Cl)NCC1(CS(C)(=O)=O)CC1. The van der Waals surface area contributed by atoms with Gasteiger partial charge < -0.3 is 15.4 Å². The summed E-state index contributed by atoms with van der Waals surface area (Å²) in [5, 5.41) is 7.15. The van der Waals surface area contributed by atoms with Gasteiger partial charge >= 0.3 is 0 Å². The fourth-order valence-corrected chi connectivity index (χ4v) is 4.54. The summed E-state index contributed by atoms with van der Waals surface area (Å²) in [6.45, 7) is 1.29. The highest BCUT2D eigenvalue weighted by molar-refractivity contribution is 7.90. The van der Waals surface area contributed by atoms with Gasteiger partial charge in [-0.25, -0.2) is 8.42 Å². The van der Waals surface area contributed by atoms with Crippen molar-refractivity contribution < 1.29 is 13.2 Å². The number of guanidine groups is 1. The van der Waals surface area contributed by atoms with E-state index in [0.717, 1.165) is 30.6 Å². The number of hydrogen-bond donors (Lipinski definition) is 2. The largest absolute Gasteiger partial charge is 0.497 e. The van der Waals surface area contributed by atoms with Crippen molar-refractivity contribution in [2.45, 2.75) is 19.3 Å². The third-order valence-corrected chi connectivity index (χ3v) is 5.82. The maximum atomic E-state index is 11.5. The zero-order valence-electron chi connectivity index (χ0n) is 14.9. The molecule has 0 saturated heterocycles. The van der Waals surface area contributed by atoms with Gasteiger partial charge in [-0.1, -0.05) is 17.7 Å². The maximum Gasteiger partial charge on any atom is 0.191 e. The van der Waals surface area contributed by atoms with Crippen LogP contribution in [0.5, 0.6) is 5.75 Å². The van der Waals surface area contributed by atoms with Gasteiger partial charge in [0.2, 0.25) is 0 Å². The Hall–Kier alpha value is -1.47. The van der Waals surface area contributed by atoms with E-state index >= 15 is 0 Å². The maximum absolute atomic E-state index is 11.5. The Labute approximate surface area is 154 Å². The molecular weight excluding hydrogens is 362 g/mol. The second kappa shape index (κ2) is 8.27. The van der Waals surface area contributed by atoms with Gasteiger partial charge in [0.15, 0.2) is 5.96 Å². The minimum Gasteiger partial charge on any atom is -0.497 e. The first-order chi connectivity index (χ1) is 11.8. The summed E-state index contributed by atoms with van der Waals surface area (Å²) in [7, 11) is 0.348. The molecule has 0 aromatic heterocycles. The van der Waals surface area contributed by atoms with Crippen molar-refractivity contribution >= 4 is 27.4 Å². The molecule has 0 radical (unpaired) electrons. The van der Waals surface area contributed by atoms with Gasteiger partial charge in [-0.05, 0) is 37.0 Å². The molecular formula is C17H26ClN3O3S. The van der Waals surface area contributed by atoms with Crippen molar-refractivity contribution in [2.75, 3.05) is 39.3 Å². The number of sulfone groups is 1. The molecule has 0 bridgehead atoms. The first-order valence-corrected chi connectivity index (χ1v) is 10.7. The molecule has 6 nitrogen and oxygen atoms in total. The monoisotopic (exact) mass is 387 g/mol. The van der Waals surface area contributed by atoms with E-state index in [1.807, 2.05) is 12.1 Å². The van der Waals surface area contributed by atoms with Crippen molar-refractivity contribution in [1.82, 2.24) is 10.6 Å². The van der Waals surface area contributed by atoms with Gasteiger partial charge in [-0.2, -0.15) is 0 Å². The quantitative estimate of drug-likeness (QED) is 0.526. The molecule has 0 heterocycles. The predicted molar refractivity (Wildman–Crippen MR) is 102 cm³/mol.